The zero-order chi connectivity index (χ0) is 10.8. The molecule has 15 heavy (non-hydrogen) atoms. The van der Waals surface area contributed by atoms with Crippen LogP contribution >= 0.6 is 0 Å². The Balaban J connectivity index is 2.40. The predicted octanol–water partition coefficient (Wildman–Crippen LogP) is 0.975. The van der Waals surface area contributed by atoms with Gasteiger partial charge in [0.2, 0.25) is 0 Å². The van der Waals surface area contributed by atoms with E-state index in [2.05, 4.69) is 39.5 Å². The number of nitrogen functional groups attached to an aromatic ring is 1. The van der Waals surface area contributed by atoms with Crippen LogP contribution in [-0.4, -0.2) is 25.6 Å². The Kier molecular flexibility index (Phi) is 2.40. The van der Waals surface area contributed by atoms with Gasteiger partial charge >= 0.3 is 0 Å². The molecule has 2 aromatic rings. The van der Waals surface area contributed by atoms with Gasteiger partial charge in [-0.05, 0) is 12.3 Å². The van der Waals surface area contributed by atoms with Gasteiger partial charge in [-0.3, -0.25) is 5.10 Å². The summed E-state index contributed by atoms with van der Waals surface area (Å²) in [5.41, 5.74) is 8.41. The molecule has 0 amide bonds. The second-order valence-corrected chi connectivity index (χ2v) is 3.92. The molecule has 0 unspecified atom stereocenters. The summed E-state index contributed by atoms with van der Waals surface area (Å²) in [7, 11) is 0. The number of aromatic amines is 2. The first-order valence-electron chi connectivity index (χ1n) is 4.87. The van der Waals surface area contributed by atoms with Crippen molar-refractivity contribution in [2.75, 3.05) is 5.73 Å². The van der Waals surface area contributed by atoms with E-state index in [-0.39, 0.29) is 0 Å². The fourth-order valence-electron chi connectivity index (χ4n) is 1.53. The van der Waals surface area contributed by atoms with Crippen LogP contribution in [-0.2, 0) is 6.42 Å². The molecule has 0 fully saturated rings. The standard InChI is InChI=1S/C9H14N6/c1-5(2)3-6-8(13-14-9(6)10)7-4-11-15-12-7/h4-5H,3H2,1-2H3,(H3,10,13,14)(H,11,12,15). The lowest BCUT2D eigenvalue weighted by Gasteiger charge is -2.04. The Morgan fingerprint density at radius 3 is 2.80 bits per heavy atom. The van der Waals surface area contributed by atoms with Gasteiger partial charge in [-0.1, -0.05) is 13.8 Å². The summed E-state index contributed by atoms with van der Waals surface area (Å²) in [5, 5.41) is 17.2. The molecule has 0 bridgehead atoms. The highest BCUT2D eigenvalue weighted by Crippen LogP contribution is 2.25. The van der Waals surface area contributed by atoms with E-state index in [4.69, 9.17) is 5.73 Å². The Labute approximate surface area is 87.3 Å². The van der Waals surface area contributed by atoms with E-state index in [1.165, 1.54) is 0 Å². The van der Waals surface area contributed by atoms with Crippen molar-refractivity contribution in [1.82, 2.24) is 25.6 Å². The number of H-pyrrole nitrogens is 2. The lowest BCUT2D eigenvalue weighted by molar-refractivity contribution is 0.649. The highest BCUT2D eigenvalue weighted by atomic mass is 15.3. The van der Waals surface area contributed by atoms with Crippen molar-refractivity contribution in [3.8, 4) is 11.4 Å². The van der Waals surface area contributed by atoms with E-state index in [1.54, 1.807) is 6.20 Å². The molecule has 0 atom stereocenters. The highest BCUT2D eigenvalue weighted by molar-refractivity contribution is 5.63. The van der Waals surface area contributed by atoms with E-state index in [0.29, 0.717) is 11.7 Å². The van der Waals surface area contributed by atoms with Crippen LogP contribution in [0, 0.1) is 5.92 Å². The van der Waals surface area contributed by atoms with Crippen molar-refractivity contribution in [2.24, 2.45) is 5.92 Å². The van der Waals surface area contributed by atoms with Gasteiger partial charge in [-0.15, -0.1) is 0 Å². The number of rotatable bonds is 3. The lowest BCUT2D eigenvalue weighted by atomic mass is 10.0. The van der Waals surface area contributed by atoms with Crippen LogP contribution < -0.4 is 5.73 Å². The molecule has 6 nitrogen and oxygen atoms in total. The summed E-state index contributed by atoms with van der Waals surface area (Å²) < 4.78 is 0. The number of nitrogens with two attached hydrogens (primary N) is 1. The number of aromatic nitrogens is 5. The molecule has 6 heteroatoms. The minimum atomic E-state index is 0.524. The SMILES string of the molecule is CC(C)Cc1c(N)n[nH]c1-c1cn[nH]n1. The molecule has 0 saturated heterocycles. The normalized spacial score (nSPS) is 11.1. The molecule has 2 heterocycles. The molecule has 0 saturated carbocycles. The third kappa shape index (κ3) is 1.83. The third-order valence-electron chi connectivity index (χ3n) is 2.18. The topological polar surface area (TPSA) is 96.3 Å². The summed E-state index contributed by atoms with van der Waals surface area (Å²) in [6.07, 6.45) is 2.53. The second kappa shape index (κ2) is 3.72. The van der Waals surface area contributed by atoms with Gasteiger partial charge in [0, 0.05) is 5.56 Å². The molecule has 2 rings (SSSR count). The first kappa shape index (κ1) is 9.70. The Morgan fingerprint density at radius 1 is 1.40 bits per heavy atom. The molecule has 0 aromatic carbocycles. The van der Waals surface area contributed by atoms with Gasteiger partial charge in [-0.25, -0.2) is 0 Å². The maximum atomic E-state index is 5.80. The van der Waals surface area contributed by atoms with Crippen LogP contribution in [0.4, 0.5) is 5.82 Å². The van der Waals surface area contributed by atoms with Crippen molar-refractivity contribution in [1.29, 1.82) is 0 Å². The fourth-order valence-corrected chi connectivity index (χ4v) is 1.53. The molecular formula is C9H14N6. The van der Waals surface area contributed by atoms with Crippen LogP contribution in [0.3, 0.4) is 0 Å². The summed E-state index contributed by atoms with van der Waals surface area (Å²) in [6.45, 7) is 4.28. The average molecular weight is 206 g/mol. The zero-order valence-electron chi connectivity index (χ0n) is 8.78. The molecule has 0 aliphatic heterocycles. The van der Waals surface area contributed by atoms with Crippen LogP contribution in [0.1, 0.15) is 19.4 Å². The molecular weight excluding hydrogens is 192 g/mol. The van der Waals surface area contributed by atoms with Crippen LogP contribution in [0.25, 0.3) is 11.4 Å². The number of hydrogen-bond acceptors (Lipinski definition) is 4. The molecule has 4 N–H and O–H groups in total. The van der Waals surface area contributed by atoms with Crippen molar-refractivity contribution in [3.63, 3.8) is 0 Å². The average Bonchev–Trinajstić information content (AvgIpc) is 2.76. The largest absolute Gasteiger partial charge is 0.382 e. The maximum absolute atomic E-state index is 5.80. The van der Waals surface area contributed by atoms with Gasteiger partial charge in [0.15, 0.2) is 0 Å². The van der Waals surface area contributed by atoms with Crippen LogP contribution in [0.5, 0.6) is 0 Å². The van der Waals surface area contributed by atoms with E-state index >= 15 is 0 Å². The smallest absolute Gasteiger partial charge is 0.149 e. The molecule has 80 valence electrons. The first-order valence-corrected chi connectivity index (χ1v) is 4.87. The van der Waals surface area contributed by atoms with Crippen molar-refractivity contribution < 1.29 is 0 Å². The number of anilines is 1. The second-order valence-electron chi connectivity index (χ2n) is 3.92. The monoisotopic (exact) mass is 206 g/mol. The van der Waals surface area contributed by atoms with Crippen molar-refractivity contribution in [2.45, 2.75) is 20.3 Å². The van der Waals surface area contributed by atoms with E-state index in [9.17, 15) is 0 Å². The number of hydrogen-bond donors (Lipinski definition) is 3. The zero-order valence-corrected chi connectivity index (χ0v) is 8.78. The van der Waals surface area contributed by atoms with Gasteiger partial charge in [0.25, 0.3) is 0 Å². The van der Waals surface area contributed by atoms with Gasteiger partial charge < -0.3 is 5.73 Å². The molecule has 0 spiro atoms. The predicted molar refractivity (Wildman–Crippen MR) is 56.9 cm³/mol. The molecule has 0 aliphatic rings. The Morgan fingerprint density at radius 2 is 2.20 bits per heavy atom. The summed E-state index contributed by atoms with van der Waals surface area (Å²) in [6, 6.07) is 0. The Hall–Kier alpha value is -1.85. The third-order valence-corrected chi connectivity index (χ3v) is 2.18. The lowest BCUT2D eigenvalue weighted by Crippen LogP contribution is -1.99. The van der Waals surface area contributed by atoms with Gasteiger partial charge in [0.05, 0.1) is 11.9 Å². The number of nitrogens with zero attached hydrogens (tertiary/aromatic N) is 3. The van der Waals surface area contributed by atoms with E-state index < -0.39 is 0 Å². The van der Waals surface area contributed by atoms with Crippen LogP contribution in [0.15, 0.2) is 6.20 Å². The molecule has 2 aromatic heterocycles. The summed E-state index contributed by atoms with van der Waals surface area (Å²) in [5.74, 6) is 1.07. The fraction of sp³-hybridized carbons (Fsp3) is 0.444. The number of nitrogens with one attached hydrogen (secondary N) is 2. The van der Waals surface area contributed by atoms with E-state index in [0.717, 1.165) is 23.4 Å². The quantitative estimate of drug-likeness (QED) is 0.697. The minimum Gasteiger partial charge on any atom is -0.382 e. The maximum Gasteiger partial charge on any atom is 0.149 e. The molecule has 0 aliphatic carbocycles. The van der Waals surface area contributed by atoms with Gasteiger partial charge in [-0.2, -0.15) is 20.5 Å². The van der Waals surface area contributed by atoms with Crippen LogP contribution in [0.2, 0.25) is 0 Å². The van der Waals surface area contributed by atoms with Crippen molar-refractivity contribution >= 4 is 5.82 Å². The van der Waals surface area contributed by atoms with Crippen molar-refractivity contribution in [3.05, 3.63) is 11.8 Å². The first-order chi connectivity index (χ1) is 7.18. The molecule has 0 radical (unpaired) electrons. The van der Waals surface area contributed by atoms with E-state index in [1.807, 2.05) is 0 Å². The summed E-state index contributed by atoms with van der Waals surface area (Å²) >= 11 is 0. The minimum absolute atomic E-state index is 0.524. The highest BCUT2D eigenvalue weighted by Gasteiger charge is 2.15. The van der Waals surface area contributed by atoms with Gasteiger partial charge in [0.1, 0.15) is 11.5 Å². The summed E-state index contributed by atoms with van der Waals surface area (Å²) in [4.78, 5) is 0. The Bertz CT molecular complexity index is 427.